The van der Waals surface area contributed by atoms with Crippen LogP contribution in [0.5, 0.6) is 0 Å². The maximum absolute atomic E-state index is 10.8. The molecule has 1 unspecified atom stereocenters. The second-order valence-electron chi connectivity index (χ2n) is 3.82. The van der Waals surface area contributed by atoms with Gasteiger partial charge in [-0.15, -0.1) is 5.10 Å². The normalized spacial score (nSPS) is 12.5. The quantitative estimate of drug-likeness (QED) is 0.860. The minimum absolute atomic E-state index is 0.293. The predicted molar refractivity (Wildman–Crippen MR) is 61.7 cm³/mol. The summed E-state index contributed by atoms with van der Waals surface area (Å²) in [5, 5.41) is 24.2. The zero-order chi connectivity index (χ0) is 12.3. The molecular weight excluding hydrogens is 240 g/mol. The molecule has 2 aromatic heterocycles. The molecule has 2 heterocycles. The van der Waals surface area contributed by atoms with Crippen LogP contribution in [0, 0.1) is 5.92 Å². The topological polar surface area (TPSA) is 80.9 Å². The second-order valence-corrected chi connectivity index (χ2v) is 4.60. The van der Waals surface area contributed by atoms with Crippen LogP contribution in [-0.2, 0) is 17.8 Å². The Morgan fingerprint density at radius 2 is 2.47 bits per heavy atom. The minimum Gasteiger partial charge on any atom is -0.481 e. The summed E-state index contributed by atoms with van der Waals surface area (Å²) in [6.45, 7) is 1.93. The molecule has 0 aliphatic heterocycles. The van der Waals surface area contributed by atoms with Gasteiger partial charge in [-0.3, -0.25) is 4.79 Å². The van der Waals surface area contributed by atoms with Gasteiger partial charge in [0.15, 0.2) is 5.82 Å². The van der Waals surface area contributed by atoms with E-state index in [4.69, 9.17) is 5.11 Å². The first-order chi connectivity index (χ1) is 8.16. The van der Waals surface area contributed by atoms with Crippen LogP contribution in [0.1, 0.15) is 18.3 Å². The molecule has 0 aromatic carbocycles. The van der Waals surface area contributed by atoms with Crippen LogP contribution in [0.3, 0.4) is 0 Å². The molecule has 2 rings (SSSR count). The van der Waals surface area contributed by atoms with Crippen LogP contribution in [0.15, 0.2) is 16.8 Å². The standard InChI is InChI=1S/C10H12N4O2S/c1-7(10(15)16)5-14-9(11-12-13-14)4-8-2-3-17-6-8/h2-3,6-7H,4-5H2,1H3,(H,15,16). The summed E-state index contributed by atoms with van der Waals surface area (Å²) in [4.78, 5) is 10.8. The molecule has 0 fully saturated rings. The van der Waals surface area contributed by atoms with Crippen LogP contribution in [-0.4, -0.2) is 31.3 Å². The molecule has 90 valence electrons. The maximum atomic E-state index is 10.8. The zero-order valence-corrected chi connectivity index (χ0v) is 10.1. The first kappa shape index (κ1) is 11.7. The average molecular weight is 252 g/mol. The highest BCUT2D eigenvalue weighted by molar-refractivity contribution is 7.07. The van der Waals surface area contributed by atoms with Crippen LogP contribution in [0.25, 0.3) is 0 Å². The van der Waals surface area contributed by atoms with Crippen LogP contribution in [0.4, 0.5) is 0 Å². The number of carboxylic acids is 1. The number of rotatable bonds is 5. The average Bonchev–Trinajstić information content (AvgIpc) is 2.91. The summed E-state index contributed by atoms with van der Waals surface area (Å²) in [6, 6.07) is 2.00. The Balaban J connectivity index is 2.09. The third-order valence-electron chi connectivity index (χ3n) is 2.42. The fourth-order valence-electron chi connectivity index (χ4n) is 1.40. The Kier molecular flexibility index (Phi) is 3.48. The van der Waals surface area contributed by atoms with Gasteiger partial charge in [-0.25, -0.2) is 4.68 Å². The minimum atomic E-state index is -0.845. The summed E-state index contributed by atoms with van der Waals surface area (Å²) in [7, 11) is 0. The van der Waals surface area contributed by atoms with E-state index in [1.54, 1.807) is 22.9 Å². The van der Waals surface area contributed by atoms with E-state index in [9.17, 15) is 4.79 Å². The van der Waals surface area contributed by atoms with Crippen LogP contribution in [0.2, 0.25) is 0 Å². The SMILES string of the molecule is CC(Cn1nnnc1Cc1ccsc1)C(=O)O. The van der Waals surface area contributed by atoms with Gasteiger partial charge in [0.05, 0.1) is 12.5 Å². The highest BCUT2D eigenvalue weighted by Gasteiger charge is 2.15. The number of carbonyl (C=O) groups is 1. The number of carboxylic acid groups (broad SMARTS) is 1. The van der Waals surface area contributed by atoms with Crippen molar-refractivity contribution >= 4 is 17.3 Å². The van der Waals surface area contributed by atoms with Gasteiger partial charge in [-0.2, -0.15) is 11.3 Å². The van der Waals surface area contributed by atoms with E-state index in [2.05, 4.69) is 15.5 Å². The third-order valence-corrected chi connectivity index (χ3v) is 3.15. The number of hydrogen-bond donors (Lipinski definition) is 1. The molecule has 0 saturated heterocycles. The number of aromatic nitrogens is 4. The monoisotopic (exact) mass is 252 g/mol. The smallest absolute Gasteiger partial charge is 0.308 e. The summed E-state index contributed by atoms with van der Waals surface area (Å²) >= 11 is 1.61. The van der Waals surface area contributed by atoms with Crippen molar-refractivity contribution in [3.63, 3.8) is 0 Å². The van der Waals surface area contributed by atoms with E-state index in [1.807, 2.05) is 16.8 Å². The number of aliphatic carboxylic acids is 1. The van der Waals surface area contributed by atoms with Crippen molar-refractivity contribution in [3.05, 3.63) is 28.2 Å². The second kappa shape index (κ2) is 5.05. The molecule has 7 heteroatoms. The van der Waals surface area contributed by atoms with Gasteiger partial charge in [0, 0.05) is 6.42 Å². The molecule has 0 saturated carbocycles. The lowest BCUT2D eigenvalue weighted by Crippen LogP contribution is -2.19. The maximum Gasteiger partial charge on any atom is 0.308 e. The summed E-state index contributed by atoms with van der Waals surface area (Å²) in [5.41, 5.74) is 1.13. The molecular formula is C10H12N4O2S. The molecule has 0 aliphatic carbocycles. The van der Waals surface area contributed by atoms with E-state index >= 15 is 0 Å². The Hall–Kier alpha value is -1.76. The Labute approximate surface area is 102 Å². The number of nitrogens with zero attached hydrogens (tertiary/aromatic N) is 4. The molecule has 0 radical (unpaired) electrons. The fourth-order valence-corrected chi connectivity index (χ4v) is 2.07. The Bertz CT molecular complexity index is 494. The van der Waals surface area contributed by atoms with Crippen molar-refractivity contribution in [1.29, 1.82) is 0 Å². The van der Waals surface area contributed by atoms with Gasteiger partial charge < -0.3 is 5.11 Å². The molecule has 0 bridgehead atoms. The van der Waals surface area contributed by atoms with E-state index in [-0.39, 0.29) is 0 Å². The Morgan fingerprint density at radius 3 is 3.12 bits per heavy atom. The van der Waals surface area contributed by atoms with Gasteiger partial charge in [-0.05, 0) is 32.8 Å². The van der Waals surface area contributed by atoms with Crippen molar-refractivity contribution in [1.82, 2.24) is 20.2 Å². The number of tetrazole rings is 1. The lowest BCUT2D eigenvalue weighted by Gasteiger charge is -2.07. The largest absolute Gasteiger partial charge is 0.481 e. The van der Waals surface area contributed by atoms with E-state index in [1.165, 1.54) is 0 Å². The molecule has 17 heavy (non-hydrogen) atoms. The summed E-state index contributed by atoms with van der Waals surface area (Å²) in [5.74, 6) is -0.654. The molecule has 1 N–H and O–H groups in total. The van der Waals surface area contributed by atoms with Gasteiger partial charge in [0.25, 0.3) is 0 Å². The van der Waals surface area contributed by atoms with Crippen molar-refractivity contribution in [3.8, 4) is 0 Å². The first-order valence-corrected chi connectivity index (χ1v) is 6.10. The van der Waals surface area contributed by atoms with E-state index in [0.717, 1.165) is 5.56 Å². The first-order valence-electron chi connectivity index (χ1n) is 5.15. The van der Waals surface area contributed by atoms with Gasteiger partial charge in [0.2, 0.25) is 0 Å². The van der Waals surface area contributed by atoms with Crippen molar-refractivity contribution < 1.29 is 9.90 Å². The molecule has 0 amide bonds. The summed E-state index contributed by atoms with van der Waals surface area (Å²) < 4.78 is 1.55. The van der Waals surface area contributed by atoms with Gasteiger partial charge >= 0.3 is 5.97 Å². The number of hydrogen-bond acceptors (Lipinski definition) is 5. The van der Waals surface area contributed by atoms with Crippen molar-refractivity contribution in [2.75, 3.05) is 0 Å². The van der Waals surface area contributed by atoms with E-state index in [0.29, 0.717) is 18.8 Å². The van der Waals surface area contributed by atoms with Crippen LogP contribution < -0.4 is 0 Å². The predicted octanol–water partition coefficient (Wildman–Crippen LogP) is 1.05. The molecule has 1 atom stereocenters. The highest BCUT2D eigenvalue weighted by Crippen LogP contribution is 2.11. The van der Waals surface area contributed by atoms with Crippen LogP contribution >= 0.6 is 11.3 Å². The Morgan fingerprint density at radius 1 is 1.65 bits per heavy atom. The van der Waals surface area contributed by atoms with Crippen molar-refractivity contribution in [2.45, 2.75) is 19.9 Å². The molecule has 0 aliphatic rings. The zero-order valence-electron chi connectivity index (χ0n) is 9.28. The fraction of sp³-hybridized carbons (Fsp3) is 0.400. The van der Waals surface area contributed by atoms with E-state index < -0.39 is 11.9 Å². The van der Waals surface area contributed by atoms with Gasteiger partial charge in [0.1, 0.15) is 0 Å². The molecule has 0 spiro atoms. The lowest BCUT2D eigenvalue weighted by molar-refractivity contribution is -0.141. The van der Waals surface area contributed by atoms with Crippen molar-refractivity contribution in [2.24, 2.45) is 5.92 Å². The number of thiophene rings is 1. The van der Waals surface area contributed by atoms with Gasteiger partial charge in [-0.1, -0.05) is 6.92 Å². The lowest BCUT2D eigenvalue weighted by atomic mass is 10.2. The molecule has 2 aromatic rings. The molecule has 6 nitrogen and oxygen atoms in total. The third kappa shape index (κ3) is 2.88. The summed E-state index contributed by atoms with van der Waals surface area (Å²) in [6.07, 6.45) is 0.628. The highest BCUT2D eigenvalue weighted by atomic mass is 32.1.